The highest BCUT2D eigenvalue weighted by molar-refractivity contribution is 6.54. The zero-order valence-electron chi connectivity index (χ0n) is 7.60. The van der Waals surface area contributed by atoms with Gasteiger partial charge in [-0.2, -0.15) is 0 Å². The van der Waals surface area contributed by atoms with E-state index >= 15 is 0 Å². The van der Waals surface area contributed by atoms with E-state index in [0.717, 1.165) is 30.1 Å². The van der Waals surface area contributed by atoms with Crippen LogP contribution < -0.4 is 11.1 Å². The van der Waals surface area contributed by atoms with Crippen LogP contribution >= 0.6 is 0 Å². The highest BCUT2D eigenvalue weighted by atomic mass is 28.3. The molecule has 1 unspecified atom stereocenters. The van der Waals surface area contributed by atoms with Gasteiger partial charge in [0.15, 0.2) is 9.04 Å². The van der Waals surface area contributed by atoms with Crippen LogP contribution in [-0.4, -0.2) is 39.2 Å². The van der Waals surface area contributed by atoms with Crippen molar-refractivity contribution < 1.29 is 4.12 Å². The first-order valence-electron chi connectivity index (χ1n) is 4.24. The quantitative estimate of drug-likeness (QED) is 0.384. The summed E-state index contributed by atoms with van der Waals surface area (Å²) < 4.78 is 5.38. The summed E-state index contributed by atoms with van der Waals surface area (Å²) in [6.07, 6.45) is 1.25. The topological polar surface area (TPSA) is 47.3 Å². The van der Waals surface area contributed by atoms with Crippen molar-refractivity contribution in [3.63, 3.8) is 0 Å². The summed E-state index contributed by atoms with van der Waals surface area (Å²) in [5, 5.41) is 3.27. The van der Waals surface area contributed by atoms with Gasteiger partial charge in [-0.25, -0.2) is 0 Å². The highest BCUT2D eigenvalue weighted by Gasteiger charge is 1.99. The molecular formula is C6H20N2OSi2. The van der Waals surface area contributed by atoms with E-state index in [4.69, 9.17) is 9.85 Å². The minimum Gasteiger partial charge on any atom is -0.466 e. The van der Waals surface area contributed by atoms with Gasteiger partial charge in [-0.3, -0.25) is 0 Å². The average Bonchev–Trinajstić information content (AvgIpc) is 2.04. The normalized spacial score (nSPS) is 13.6. The molecule has 0 fully saturated rings. The molecule has 3 nitrogen and oxygen atoms in total. The predicted octanol–water partition coefficient (Wildman–Crippen LogP) is -1.42. The van der Waals surface area contributed by atoms with Gasteiger partial charge >= 0.3 is 0 Å². The zero-order chi connectivity index (χ0) is 8.53. The highest BCUT2D eigenvalue weighted by Crippen LogP contribution is 1.95. The summed E-state index contributed by atoms with van der Waals surface area (Å²) >= 11 is 0. The van der Waals surface area contributed by atoms with Gasteiger partial charge in [-0.1, -0.05) is 0 Å². The van der Waals surface area contributed by atoms with Crippen LogP contribution in [0.1, 0.15) is 6.42 Å². The van der Waals surface area contributed by atoms with Gasteiger partial charge in [0, 0.05) is 13.1 Å². The lowest BCUT2D eigenvalue weighted by Gasteiger charge is -2.07. The lowest BCUT2D eigenvalue weighted by atomic mass is 10.5. The van der Waals surface area contributed by atoms with E-state index in [-0.39, 0.29) is 0 Å². The first-order chi connectivity index (χ1) is 5.31. The van der Waals surface area contributed by atoms with Crippen LogP contribution in [0.25, 0.3) is 0 Å². The van der Waals surface area contributed by atoms with Gasteiger partial charge in [0.25, 0.3) is 0 Å². The van der Waals surface area contributed by atoms with Crippen LogP contribution in [0.3, 0.4) is 0 Å². The SMILES string of the molecule is C[SiH](CCCNCCN)O[SiH3]. The zero-order valence-corrected chi connectivity index (χ0v) is 10.8. The summed E-state index contributed by atoms with van der Waals surface area (Å²) in [5.74, 6) is 0. The van der Waals surface area contributed by atoms with Crippen molar-refractivity contribution in [1.29, 1.82) is 0 Å². The van der Waals surface area contributed by atoms with Crippen LogP contribution in [0.4, 0.5) is 0 Å². The van der Waals surface area contributed by atoms with Gasteiger partial charge in [-0.15, -0.1) is 0 Å². The summed E-state index contributed by atoms with van der Waals surface area (Å²) in [6.45, 7) is 5.04. The number of nitrogens with two attached hydrogens (primary N) is 1. The fourth-order valence-electron chi connectivity index (χ4n) is 0.859. The monoisotopic (exact) mass is 192 g/mol. The average molecular weight is 192 g/mol. The largest absolute Gasteiger partial charge is 0.466 e. The fraction of sp³-hybridized carbons (Fsp3) is 1.00. The molecule has 0 saturated heterocycles. The minimum atomic E-state index is -0.742. The molecule has 0 aromatic rings. The third kappa shape index (κ3) is 8.22. The number of nitrogens with one attached hydrogen (secondary N) is 1. The number of hydrogen-bond donors (Lipinski definition) is 2. The molecule has 0 aromatic heterocycles. The van der Waals surface area contributed by atoms with Gasteiger partial charge < -0.3 is 15.2 Å². The van der Waals surface area contributed by atoms with Gasteiger partial charge in [0.2, 0.25) is 0 Å². The molecule has 0 spiro atoms. The number of hydrogen-bond acceptors (Lipinski definition) is 3. The van der Waals surface area contributed by atoms with E-state index in [1.807, 2.05) is 0 Å². The summed E-state index contributed by atoms with van der Waals surface area (Å²) in [4.78, 5) is 0. The molecule has 0 saturated carbocycles. The van der Waals surface area contributed by atoms with Crippen LogP contribution in [-0.2, 0) is 4.12 Å². The molecule has 0 radical (unpaired) electrons. The third-order valence-corrected chi connectivity index (χ3v) is 6.13. The minimum absolute atomic E-state index is 0.740. The fourth-order valence-corrected chi connectivity index (χ4v) is 2.58. The van der Waals surface area contributed by atoms with Crippen molar-refractivity contribution in [2.24, 2.45) is 5.73 Å². The lowest BCUT2D eigenvalue weighted by molar-refractivity contribution is 0.615. The van der Waals surface area contributed by atoms with Gasteiger partial charge in [0.1, 0.15) is 10.5 Å². The lowest BCUT2D eigenvalue weighted by Crippen LogP contribution is -2.24. The molecular weight excluding hydrogens is 172 g/mol. The molecule has 0 aliphatic rings. The Kier molecular flexibility index (Phi) is 8.65. The second-order valence-corrected chi connectivity index (χ2v) is 6.81. The standard InChI is InChI=1S/C6H20N2OSi2/c1-11(9-10)6-2-4-8-5-3-7/h8,11H,2-7H2,1,10H3. The molecule has 0 bridgehead atoms. The van der Waals surface area contributed by atoms with Crippen molar-refractivity contribution in [3.05, 3.63) is 0 Å². The molecule has 11 heavy (non-hydrogen) atoms. The molecule has 0 aliphatic carbocycles. The maximum Gasteiger partial charge on any atom is 0.159 e. The Morgan fingerprint density at radius 3 is 2.82 bits per heavy atom. The van der Waals surface area contributed by atoms with Crippen LogP contribution in [0.5, 0.6) is 0 Å². The molecule has 5 heteroatoms. The Bertz CT molecular complexity index is 85.0. The second kappa shape index (κ2) is 8.41. The summed E-state index contributed by atoms with van der Waals surface area (Å²) in [7, 11) is 0.172. The Morgan fingerprint density at radius 1 is 1.55 bits per heavy atom. The van der Waals surface area contributed by atoms with Crippen molar-refractivity contribution >= 4 is 19.5 Å². The summed E-state index contributed by atoms with van der Waals surface area (Å²) in [6, 6.07) is 1.29. The molecule has 1 atom stereocenters. The summed E-state index contributed by atoms with van der Waals surface area (Å²) in [5.41, 5.74) is 5.32. The van der Waals surface area contributed by atoms with Crippen molar-refractivity contribution in [1.82, 2.24) is 5.32 Å². The predicted molar refractivity (Wildman–Crippen MR) is 55.4 cm³/mol. The smallest absolute Gasteiger partial charge is 0.159 e. The van der Waals surface area contributed by atoms with E-state index in [9.17, 15) is 0 Å². The van der Waals surface area contributed by atoms with E-state index < -0.39 is 9.04 Å². The molecule has 0 aromatic carbocycles. The van der Waals surface area contributed by atoms with E-state index in [1.165, 1.54) is 12.5 Å². The Hall–Kier alpha value is 0.314. The first kappa shape index (κ1) is 11.3. The van der Waals surface area contributed by atoms with Gasteiger partial charge in [-0.05, 0) is 25.6 Å². The van der Waals surface area contributed by atoms with E-state index in [0.29, 0.717) is 0 Å². The van der Waals surface area contributed by atoms with Gasteiger partial charge in [0.05, 0.1) is 0 Å². The van der Waals surface area contributed by atoms with Crippen LogP contribution in [0, 0.1) is 0 Å². The molecule has 0 aliphatic heterocycles. The van der Waals surface area contributed by atoms with Crippen LogP contribution in [0.2, 0.25) is 12.6 Å². The first-order valence-corrected chi connectivity index (χ1v) is 7.50. The Morgan fingerprint density at radius 2 is 2.27 bits per heavy atom. The molecule has 0 rings (SSSR count). The Labute approximate surface area is 74.0 Å². The van der Waals surface area contributed by atoms with E-state index in [2.05, 4.69) is 11.9 Å². The second-order valence-electron chi connectivity index (χ2n) is 2.73. The van der Waals surface area contributed by atoms with E-state index in [1.54, 1.807) is 0 Å². The van der Waals surface area contributed by atoms with Crippen molar-refractivity contribution in [2.45, 2.75) is 19.0 Å². The van der Waals surface area contributed by atoms with Crippen molar-refractivity contribution in [2.75, 3.05) is 19.6 Å². The Balaban J connectivity index is 2.89. The third-order valence-electron chi connectivity index (χ3n) is 1.69. The number of rotatable bonds is 7. The van der Waals surface area contributed by atoms with Crippen molar-refractivity contribution in [3.8, 4) is 0 Å². The molecule has 0 amide bonds. The molecule has 0 heterocycles. The van der Waals surface area contributed by atoms with Crippen LogP contribution in [0.15, 0.2) is 0 Å². The molecule has 3 N–H and O–H groups in total. The maximum atomic E-state index is 5.38. The molecule has 68 valence electrons. The maximum absolute atomic E-state index is 5.38.